The Bertz CT molecular complexity index is 461. The van der Waals surface area contributed by atoms with E-state index in [4.69, 9.17) is 11.6 Å². The number of aliphatic hydroxyl groups is 1. The Morgan fingerprint density at radius 2 is 2.05 bits per heavy atom. The summed E-state index contributed by atoms with van der Waals surface area (Å²) >= 11 is 6.08. The third-order valence-corrected chi connectivity index (χ3v) is 3.70. The second kappa shape index (κ2) is 7.07. The number of carbonyl (C=O) groups excluding carboxylic acids is 1. The topological polar surface area (TPSA) is 52.6 Å². The van der Waals surface area contributed by atoms with Crippen LogP contribution >= 0.6 is 11.6 Å². The Morgan fingerprint density at radius 1 is 1.45 bits per heavy atom. The van der Waals surface area contributed by atoms with Crippen molar-refractivity contribution in [2.75, 3.05) is 20.6 Å². The highest BCUT2D eigenvalue weighted by Gasteiger charge is 2.27. The molecule has 0 aliphatic heterocycles. The highest BCUT2D eigenvalue weighted by atomic mass is 35.5. The van der Waals surface area contributed by atoms with Gasteiger partial charge in [-0.2, -0.15) is 0 Å². The standard InChI is InChI=1S/C15H23ClN2O2/c1-5-13(18(3)4)14(19)17-10-15(2,20)11-8-6-7-9-12(11)16/h6-9,13,20H,5,10H2,1-4H3,(H,17,19)/t13-,15+/m0/s1. The van der Waals surface area contributed by atoms with Crippen molar-refractivity contribution < 1.29 is 9.90 Å². The number of hydrogen-bond acceptors (Lipinski definition) is 3. The molecule has 2 N–H and O–H groups in total. The van der Waals surface area contributed by atoms with Crippen LogP contribution in [0.25, 0.3) is 0 Å². The van der Waals surface area contributed by atoms with Gasteiger partial charge in [-0.25, -0.2) is 0 Å². The molecular formula is C15H23ClN2O2. The summed E-state index contributed by atoms with van der Waals surface area (Å²) in [5.41, 5.74) is -0.585. The molecule has 2 atom stereocenters. The minimum atomic E-state index is -1.20. The van der Waals surface area contributed by atoms with Crippen LogP contribution in [0.2, 0.25) is 5.02 Å². The first-order valence-electron chi connectivity index (χ1n) is 6.71. The second-order valence-corrected chi connectivity index (χ2v) is 5.77. The first kappa shape index (κ1) is 17.0. The molecule has 0 fully saturated rings. The van der Waals surface area contributed by atoms with Crippen LogP contribution in [-0.2, 0) is 10.4 Å². The van der Waals surface area contributed by atoms with Crippen molar-refractivity contribution in [3.8, 4) is 0 Å². The van der Waals surface area contributed by atoms with Crippen LogP contribution in [0.15, 0.2) is 24.3 Å². The maximum absolute atomic E-state index is 12.1. The number of carbonyl (C=O) groups is 1. The van der Waals surface area contributed by atoms with Crippen LogP contribution in [0, 0.1) is 0 Å². The molecule has 0 bridgehead atoms. The summed E-state index contributed by atoms with van der Waals surface area (Å²) in [6.07, 6.45) is 0.715. The Morgan fingerprint density at radius 3 is 2.55 bits per heavy atom. The molecule has 1 aromatic carbocycles. The lowest BCUT2D eigenvalue weighted by molar-refractivity contribution is -0.126. The minimum Gasteiger partial charge on any atom is -0.384 e. The summed E-state index contributed by atoms with van der Waals surface area (Å²) in [6, 6.07) is 6.91. The van der Waals surface area contributed by atoms with Crippen molar-refractivity contribution in [1.29, 1.82) is 0 Å². The highest BCUT2D eigenvalue weighted by Crippen LogP contribution is 2.27. The fraction of sp³-hybridized carbons (Fsp3) is 0.533. The number of likely N-dealkylation sites (N-methyl/N-ethyl adjacent to an activating group) is 1. The molecule has 0 saturated carbocycles. The fourth-order valence-corrected chi connectivity index (χ4v) is 2.49. The van der Waals surface area contributed by atoms with E-state index in [1.165, 1.54) is 0 Å². The van der Waals surface area contributed by atoms with Gasteiger partial charge in [0.25, 0.3) is 0 Å². The van der Waals surface area contributed by atoms with Crippen molar-refractivity contribution in [2.24, 2.45) is 0 Å². The maximum Gasteiger partial charge on any atom is 0.237 e. The molecule has 0 saturated heterocycles. The number of nitrogens with one attached hydrogen (secondary N) is 1. The van der Waals surface area contributed by atoms with Gasteiger partial charge >= 0.3 is 0 Å². The quantitative estimate of drug-likeness (QED) is 0.845. The number of benzene rings is 1. The molecule has 0 aliphatic rings. The van der Waals surface area contributed by atoms with Gasteiger partial charge in [0.05, 0.1) is 12.6 Å². The average molecular weight is 299 g/mol. The molecule has 1 aromatic rings. The lowest BCUT2D eigenvalue weighted by Gasteiger charge is -2.28. The summed E-state index contributed by atoms with van der Waals surface area (Å²) in [4.78, 5) is 13.9. The van der Waals surface area contributed by atoms with E-state index in [1.54, 1.807) is 25.1 Å². The van der Waals surface area contributed by atoms with Gasteiger partial charge in [0.2, 0.25) is 5.91 Å². The van der Waals surface area contributed by atoms with Crippen molar-refractivity contribution in [3.63, 3.8) is 0 Å². The van der Waals surface area contributed by atoms with Crippen molar-refractivity contribution in [3.05, 3.63) is 34.9 Å². The molecule has 1 rings (SSSR count). The predicted octanol–water partition coefficient (Wildman–Crippen LogP) is 2.00. The van der Waals surface area contributed by atoms with Crippen LogP contribution in [0.4, 0.5) is 0 Å². The fourth-order valence-electron chi connectivity index (χ4n) is 2.16. The Kier molecular flexibility index (Phi) is 5.99. The van der Waals surface area contributed by atoms with Crippen molar-refractivity contribution in [1.82, 2.24) is 10.2 Å². The van der Waals surface area contributed by atoms with E-state index in [0.717, 1.165) is 0 Å². The zero-order valence-electron chi connectivity index (χ0n) is 12.5. The normalized spacial score (nSPS) is 15.8. The van der Waals surface area contributed by atoms with Crippen LogP contribution in [0.3, 0.4) is 0 Å². The summed E-state index contributed by atoms with van der Waals surface area (Å²) < 4.78 is 0. The third kappa shape index (κ3) is 4.20. The smallest absolute Gasteiger partial charge is 0.237 e. The van der Waals surface area contributed by atoms with E-state index in [2.05, 4.69) is 5.32 Å². The zero-order chi connectivity index (χ0) is 15.3. The largest absolute Gasteiger partial charge is 0.384 e. The van der Waals surface area contributed by atoms with Crippen LogP contribution < -0.4 is 5.32 Å². The molecule has 4 nitrogen and oxygen atoms in total. The summed E-state index contributed by atoms with van der Waals surface area (Å²) in [5.74, 6) is -0.0928. The first-order valence-corrected chi connectivity index (χ1v) is 7.09. The number of halogens is 1. The van der Waals surface area contributed by atoms with Gasteiger partial charge in [-0.05, 0) is 33.5 Å². The summed E-state index contributed by atoms with van der Waals surface area (Å²) in [5, 5.41) is 13.8. The monoisotopic (exact) mass is 298 g/mol. The average Bonchev–Trinajstić information content (AvgIpc) is 2.37. The van der Waals surface area contributed by atoms with E-state index in [-0.39, 0.29) is 18.5 Å². The van der Waals surface area contributed by atoms with Crippen LogP contribution in [0.5, 0.6) is 0 Å². The van der Waals surface area contributed by atoms with E-state index >= 15 is 0 Å². The number of nitrogens with zero attached hydrogens (tertiary/aromatic N) is 1. The molecular weight excluding hydrogens is 276 g/mol. The van der Waals surface area contributed by atoms with E-state index in [1.807, 2.05) is 32.0 Å². The van der Waals surface area contributed by atoms with Crippen LogP contribution in [-0.4, -0.2) is 42.6 Å². The lowest BCUT2D eigenvalue weighted by Crippen LogP contribution is -2.47. The lowest BCUT2D eigenvalue weighted by atomic mass is 9.95. The SMILES string of the molecule is CC[C@@H](C(=O)NC[C@@](C)(O)c1ccccc1Cl)N(C)C. The molecule has 0 heterocycles. The Balaban J connectivity index is 2.73. The summed E-state index contributed by atoms with van der Waals surface area (Å²) in [6.45, 7) is 3.72. The molecule has 0 aliphatic carbocycles. The number of rotatable bonds is 6. The third-order valence-electron chi connectivity index (χ3n) is 3.37. The van der Waals surface area contributed by atoms with Crippen LogP contribution in [0.1, 0.15) is 25.8 Å². The number of amides is 1. The molecule has 0 aromatic heterocycles. The minimum absolute atomic E-state index is 0.0928. The maximum atomic E-state index is 12.1. The Hall–Kier alpha value is -1.10. The van der Waals surface area contributed by atoms with E-state index < -0.39 is 5.60 Å². The molecule has 0 unspecified atom stereocenters. The van der Waals surface area contributed by atoms with E-state index in [0.29, 0.717) is 17.0 Å². The van der Waals surface area contributed by atoms with Gasteiger partial charge in [0.15, 0.2) is 0 Å². The molecule has 0 radical (unpaired) electrons. The molecule has 20 heavy (non-hydrogen) atoms. The molecule has 1 amide bonds. The van der Waals surface area contributed by atoms with Gasteiger partial charge in [0, 0.05) is 10.6 Å². The highest BCUT2D eigenvalue weighted by molar-refractivity contribution is 6.31. The van der Waals surface area contributed by atoms with E-state index in [9.17, 15) is 9.90 Å². The number of hydrogen-bond donors (Lipinski definition) is 2. The first-order chi connectivity index (χ1) is 9.29. The predicted molar refractivity (Wildman–Crippen MR) is 81.8 cm³/mol. The molecule has 112 valence electrons. The Labute approximate surface area is 125 Å². The van der Waals surface area contributed by atoms with Gasteiger partial charge in [0.1, 0.15) is 5.60 Å². The molecule has 5 heteroatoms. The second-order valence-electron chi connectivity index (χ2n) is 5.36. The van der Waals surface area contributed by atoms with Gasteiger partial charge < -0.3 is 10.4 Å². The van der Waals surface area contributed by atoms with Crippen molar-refractivity contribution >= 4 is 17.5 Å². The zero-order valence-corrected chi connectivity index (χ0v) is 13.2. The van der Waals surface area contributed by atoms with Gasteiger partial charge in [-0.15, -0.1) is 0 Å². The molecule has 0 spiro atoms. The van der Waals surface area contributed by atoms with Crippen molar-refractivity contribution in [2.45, 2.75) is 31.9 Å². The van der Waals surface area contributed by atoms with Gasteiger partial charge in [-0.1, -0.05) is 36.7 Å². The van der Waals surface area contributed by atoms with Gasteiger partial charge in [-0.3, -0.25) is 9.69 Å². The summed E-state index contributed by atoms with van der Waals surface area (Å²) in [7, 11) is 3.72.